The first-order chi connectivity index (χ1) is 13.9. The lowest BCUT2D eigenvalue weighted by Gasteiger charge is -2.46. The lowest BCUT2D eigenvalue weighted by atomic mass is 10.1. The molecule has 0 aliphatic rings. The summed E-state index contributed by atoms with van der Waals surface area (Å²) in [4.78, 5) is 0. The molecule has 0 heterocycles. The van der Waals surface area contributed by atoms with E-state index in [0.717, 1.165) is 6.42 Å². The zero-order chi connectivity index (χ0) is 22.6. The van der Waals surface area contributed by atoms with Crippen LogP contribution in [0.2, 0.25) is 5.04 Å². The Kier molecular flexibility index (Phi) is 8.25. The summed E-state index contributed by atoms with van der Waals surface area (Å²) in [6.45, 7) is 17.1. The predicted octanol–water partition coefficient (Wildman–Crippen LogP) is 4.78. The maximum Gasteiger partial charge on any atom is 0.261 e. The topological polar surface area (TPSA) is 38.3 Å². The van der Waals surface area contributed by atoms with E-state index in [-0.39, 0.29) is 21.9 Å². The van der Waals surface area contributed by atoms with E-state index in [1.54, 1.807) is 0 Å². The molecular weight excluding hydrogens is 406 g/mol. The van der Waals surface area contributed by atoms with Crippen molar-refractivity contribution in [1.82, 2.24) is 4.72 Å². The van der Waals surface area contributed by atoms with Crippen molar-refractivity contribution in [3.63, 3.8) is 0 Å². The molecule has 0 spiro atoms. The molecule has 0 saturated carbocycles. The van der Waals surface area contributed by atoms with Crippen molar-refractivity contribution in [3.8, 4) is 0 Å². The Balaban J connectivity index is 2.54. The van der Waals surface area contributed by atoms with Gasteiger partial charge < -0.3 is 4.43 Å². The van der Waals surface area contributed by atoms with Crippen molar-refractivity contribution < 1.29 is 8.63 Å². The van der Waals surface area contributed by atoms with Gasteiger partial charge in [0.2, 0.25) is 0 Å². The van der Waals surface area contributed by atoms with Crippen molar-refractivity contribution in [2.45, 2.75) is 83.7 Å². The van der Waals surface area contributed by atoms with Crippen molar-refractivity contribution in [2.75, 3.05) is 0 Å². The molecular formula is C25H39NO2SSi. The van der Waals surface area contributed by atoms with Gasteiger partial charge in [-0.1, -0.05) is 88.4 Å². The number of benzene rings is 2. The zero-order valence-electron chi connectivity index (χ0n) is 19.9. The van der Waals surface area contributed by atoms with Gasteiger partial charge in [-0.25, -0.2) is 8.93 Å². The summed E-state index contributed by atoms with van der Waals surface area (Å²) in [6.07, 6.45) is 0.758. The van der Waals surface area contributed by atoms with Gasteiger partial charge in [-0.05, 0) is 49.5 Å². The molecule has 0 saturated heterocycles. The van der Waals surface area contributed by atoms with Gasteiger partial charge in [-0.2, -0.15) is 0 Å². The molecule has 3 nitrogen and oxygen atoms in total. The van der Waals surface area contributed by atoms with Crippen LogP contribution in [0, 0.1) is 0 Å². The fourth-order valence-corrected chi connectivity index (χ4v) is 9.60. The van der Waals surface area contributed by atoms with Gasteiger partial charge in [0.1, 0.15) is 0 Å². The van der Waals surface area contributed by atoms with E-state index >= 15 is 0 Å². The first-order valence-electron chi connectivity index (χ1n) is 10.9. The van der Waals surface area contributed by atoms with Crippen LogP contribution >= 0.6 is 0 Å². The average molecular weight is 446 g/mol. The summed E-state index contributed by atoms with van der Waals surface area (Å²) in [5.74, 6) is 0. The Morgan fingerprint density at radius 3 is 1.67 bits per heavy atom. The summed E-state index contributed by atoms with van der Waals surface area (Å²) in [7, 11) is -3.77. The third-order valence-electron chi connectivity index (χ3n) is 5.60. The van der Waals surface area contributed by atoms with Crippen LogP contribution in [0.15, 0.2) is 60.7 Å². The van der Waals surface area contributed by atoms with E-state index in [2.05, 4.69) is 100 Å². The third-order valence-corrected chi connectivity index (χ3v) is 12.4. The van der Waals surface area contributed by atoms with Crippen LogP contribution in [0.4, 0.5) is 0 Å². The fourth-order valence-electron chi connectivity index (χ4n) is 3.88. The highest BCUT2D eigenvalue weighted by atomic mass is 32.2. The molecule has 30 heavy (non-hydrogen) atoms. The van der Waals surface area contributed by atoms with Crippen LogP contribution in [0.3, 0.4) is 0 Å². The van der Waals surface area contributed by atoms with Gasteiger partial charge in [-0.3, -0.25) is 0 Å². The van der Waals surface area contributed by atoms with E-state index in [1.807, 2.05) is 20.8 Å². The van der Waals surface area contributed by atoms with Crippen LogP contribution < -0.4 is 15.1 Å². The molecule has 2 rings (SSSR count). The largest absolute Gasteiger partial charge is 0.403 e. The summed E-state index contributed by atoms with van der Waals surface area (Å²) >= 11 is 0. The van der Waals surface area contributed by atoms with Crippen molar-refractivity contribution in [3.05, 3.63) is 60.7 Å². The number of hydrogen-bond acceptors (Lipinski definition) is 2. The Labute approximate surface area is 187 Å². The SMILES string of the molecule is CC[C@@H](N[S@](=O)C(C)(C)C)[C@H](C)O[Si](c1ccccc1)(c1ccccc1)C(C)(C)C. The van der Waals surface area contributed by atoms with Crippen molar-refractivity contribution in [2.24, 2.45) is 0 Å². The number of nitrogens with one attached hydrogen (secondary N) is 1. The van der Waals surface area contributed by atoms with Gasteiger partial charge in [0.15, 0.2) is 0 Å². The second kappa shape index (κ2) is 9.90. The first kappa shape index (κ1) is 25.0. The minimum Gasteiger partial charge on any atom is -0.403 e. The number of hydrogen-bond donors (Lipinski definition) is 1. The zero-order valence-corrected chi connectivity index (χ0v) is 21.7. The van der Waals surface area contributed by atoms with Gasteiger partial charge in [-0.15, -0.1) is 0 Å². The highest BCUT2D eigenvalue weighted by Gasteiger charge is 2.51. The molecule has 3 atom stereocenters. The summed E-state index contributed by atoms with van der Waals surface area (Å²) in [5.41, 5.74) is 0. The van der Waals surface area contributed by atoms with E-state index in [1.165, 1.54) is 10.4 Å². The lowest BCUT2D eigenvalue weighted by molar-refractivity contribution is 0.167. The van der Waals surface area contributed by atoms with Crippen LogP contribution in [0.5, 0.6) is 0 Å². The highest BCUT2D eigenvalue weighted by molar-refractivity contribution is 7.84. The molecule has 0 radical (unpaired) electrons. The average Bonchev–Trinajstić information content (AvgIpc) is 2.69. The van der Waals surface area contributed by atoms with E-state index in [9.17, 15) is 4.21 Å². The Morgan fingerprint density at radius 1 is 0.900 bits per heavy atom. The molecule has 0 amide bonds. The lowest BCUT2D eigenvalue weighted by Crippen LogP contribution is -2.68. The monoisotopic (exact) mass is 445 g/mol. The molecule has 166 valence electrons. The van der Waals surface area contributed by atoms with Crippen molar-refractivity contribution >= 4 is 29.7 Å². The summed E-state index contributed by atoms with van der Waals surface area (Å²) in [6, 6.07) is 21.4. The molecule has 0 aromatic heterocycles. The van der Waals surface area contributed by atoms with Gasteiger partial charge >= 0.3 is 0 Å². The minimum absolute atomic E-state index is 0.00621. The maximum atomic E-state index is 12.8. The Morgan fingerprint density at radius 2 is 1.33 bits per heavy atom. The van der Waals surface area contributed by atoms with E-state index < -0.39 is 19.3 Å². The molecule has 0 fully saturated rings. The fraction of sp³-hybridized carbons (Fsp3) is 0.520. The molecule has 0 bridgehead atoms. The van der Waals surface area contributed by atoms with Gasteiger partial charge in [0, 0.05) is 6.04 Å². The summed E-state index contributed by atoms with van der Waals surface area (Å²) in [5, 5.41) is 2.45. The van der Waals surface area contributed by atoms with Crippen LogP contribution in [-0.2, 0) is 15.4 Å². The van der Waals surface area contributed by atoms with Crippen LogP contribution in [0.1, 0.15) is 61.8 Å². The van der Waals surface area contributed by atoms with Crippen LogP contribution in [0.25, 0.3) is 0 Å². The third kappa shape index (κ3) is 5.50. The molecule has 5 heteroatoms. The second-order valence-electron chi connectivity index (χ2n) is 10.00. The van der Waals surface area contributed by atoms with Gasteiger partial charge in [0.05, 0.1) is 21.8 Å². The van der Waals surface area contributed by atoms with Gasteiger partial charge in [0.25, 0.3) is 8.32 Å². The standard InChI is InChI=1S/C25H39NO2SSi/c1-9-23(26-29(27)24(3,4)5)20(2)28-30(25(6,7)8,21-16-12-10-13-17-21)22-18-14-11-15-19-22/h10-20,23,26H,9H2,1-8H3/t20-,23+,29+/m0/s1. The van der Waals surface area contributed by atoms with Crippen molar-refractivity contribution in [1.29, 1.82) is 0 Å². The predicted molar refractivity (Wildman–Crippen MR) is 133 cm³/mol. The quantitative estimate of drug-likeness (QED) is 0.594. The molecule has 0 unspecified atom stereocenters. The molecule has 0 aliphatic carbocycles. The maximum absolute atomic E-state index is 12.8. The molecule has 1 N–H and O–H groups in total. The molecule has 2 aromatic rings. The normalized spacial score (nSPS) is 16.1. The summed E-state index contributed by atoms with van der Waals surface area (Å²) < 4.78 is 23.0. The first-order valence-corrected chi connectivity index (χ1v) is 14.0. The minimum atomic E-state index is -2.63. The smallest absolute Gasteiger partial charge is 0.261 e. The second-order valence-corrected chi connectivity index (χ2v) is 16.3. The number of rotatable bonds is 8. The molecule has 2 aromatic carbocycles. The molecule has 0 aliphatic heterocycles. The highest BCUT2D eigenvalue weighted by Crippen LogP contribution is 2.38. The Bertz CT molecular complexity index is 773. The van der Waals surface area contributed by atoms with Crippen LogP contribution in [-0.4, -0.2) is 29.4 Å². The Hall–Kier alpha value is -1.27. The van der Waals surface area contributed by atoms with E-state index in [4.69, 9.17) is 4.43 Å². The van der Waals surface area contributed by atoms with E-state index in [0.29, 0.717) is 0 Å².